The summed E-state index contributed by atoms with van der Waals surface area (Å²) in [4.78, 5) is 16.6. The normalized spacial score (nSPS) is 51.3. The third-order valence-electron chi connectivity index (χ3n) is 10.0. The monoisotopic (exact) mass is 361 g/mol. The number of hydrogen-bond donors (Lipinski definition) is 2. The maximum absolute atomic E-state index is 12.2. The minimum Gasteiger partial charge on any atom is -0.352 e. The molecule has 146 valence electrons. The molecule has 0 aromatic heterocycles. The molecule has 1 heterocycles. The first-order valence-electron chi connectivity index (χ1n) is 11.0. The van der Waals surface area contributed by atoms with Crippen molar-refractivity contribution < 1.29 is 14.9 Å². The molecule has 2 N–H and O–H groups in total. The van der Waals surface area contributed by atoms with Crippen LogP contribution in [0.1, 0.15) is 78.1 Å². The van der Waals surface area contributed by atoms with Gasteiger partial charge < -0.3 is 5.32 Å². The van der Waals surface area contributed by atoms with Crippen molar-refractivity contribution in [1.82, 2.24) is 5.32 Å². The molecule has 4 nitrogen and oxygen atoms in total. The van der Waals surface area contributed by atoms with Gasteiger partial charge in [-0.3, -0.25) is 10.1 Å². The van der Waals surface area contributed by atoms with E-state index in [9.17, 15) is 4.79 Å². The molecule has 7 unspecified atom stereocenters. The highest BCUT2D eigenvalue weighted by Gasteiger charge is 2.68. The standard InChI is InChI=1S/C22H35NO3/c1-20-8-5-17-15(16(20)4-3-14(20)7-12-26-25)13-22(10-11-22)19-21(17,2)9-6-18(24)23-19/h14-17,19,25H,3-13H2,1-2H3,(H,23,24). The highest BCUT2D eigenvalue weighted by Crippen LogP contribution is 2.72. The second-order valence-corrected chi connectivity index (χ2v) is 10.9. The molecule has 0 aromatic rings. The molecule has 5 fully saturated rings. The largest absolute Gasteiger partial charge is 0.352 e. The second-order valence-electron chi connectivity index (χ2n) is 10.9. The van der Waals surface area contributed by atoms with Crippen LogP contribution in [0.5, 0.6) is 0 Å². The Kier molecular flexibility index (Phi) is 3.83. The molecule has 5 rings (SSSR count). The minimum atomic E-state index is 0.294. The van der Waals surface area contributed by atoms with Crippen LogP contribution in [0.4, 0.5) is 0 Å². The molecule has 1 amide bonds. The molecule has 26 heavy (non-hydrogen) atoms. The number of carbonyl (C=O) groups excluding carboxylic acids is 1. The summed E-state index contributed by atoms with van der Waals surface area (Å²) in [5, 5.41) is 12.3. The lowest BCUT2D eigenvalue weighted by Crippen LogP contribution is -2.65. The average Bonchev–Trinajstić information content (AvgIpc) is 3.30. The van der Waals surface area contributed by atoms with Crippen molar-refractivity contribution in [2.24, 2.45) is 39.9 Å². The summed E-state index contributed by atoms with van der Waals surface area (Å²) >= 11 is 0. The summed E-state index contributed by atoms with van der Waals surface area (Å²) in [6, 6.07) is 0.432. The van der Waals surface area contributed by atoms with Crippen molar-refractivity contribution in [2.75, 3.05) is 6.61 Å². The van der Waals surface area contributed by atoms with Crippen LogP contribution in [0, 0.1) is 39.9 Å². The summed E-state index contributed by atoms with van der Waals surface area (Å²) in [6.07, 6.45) is 12.1. The first-order valence-corrected chi connectivity index (χ1v) is 11.0. The number of fused-ring (bicyclic) bond motifs is 6. The summed E-state index contributed by atoms with van der Waals surface area (Å²) < 4.78 is 0. The van der Waals surface area contributed by atoms with Gasteiger partial charge >= 0.3 is 0 Å². The molecule has 1 spiro atoms. The molecule has 5 aliphatic rings. The number of carbonyl (C=O) groups is 1. The van der Waals surface area contributed by atoms with E-state index in [-0.39, 0.29) is 0 Å². The second kappa shape index (κ2) is 5.70. The zero-order valence-corrected chi connectivity index (χ0v) is 16.4. The van der Waals surface area contributed by atoms with Crippen molar-refractivity contribution in [1.29, 1.82) is 0 Å². The van der Waals surface area contributed by atoms with E-state index in [1.54, 1.807) is 0 Å². The van der Waals surface area contributed by atoms with Gasteiger partial charge in [-0.25, -0.2) is 4.89 Å². The van der Waals surface area contributed by atoms with Gasteiger partial charge in [0.05, 0.1) is 6.61 Å². The highest BCUT2D eigenvalue weighted by molar-refractivity contribution is 5.77. The van der Waals surface area contributed by atoms with E-state index in [2.05, 4.69) is 24.1 Å². The summed E-state index contributed by atoms with van der Waals surface area (Å²) in [5.41, 5.74) is 1.15. The zero-order chi connectivity index (χ0) is 18.2. The van der Waals surface area contributed by atoms with Crippen LogP contribution in [-0.4, -0.2) is 23.8 Å². The van der Waals surface area contributed by atoms with E-state index in [0.717, 1.165) is 37.0 Å². The van der Waals surface area contributed by atoms with Crippen molar-refractivity contribution in [3.63, 3.8) is 0 Å². The van der Waals surface area contributed by atoms with E-state index in [1.807, 2.05) is 0 Å². The smallest absolute Gasteiger partial charge is 0.220 e. The molecule has 7 atom stereocenters. The first kappa shape index (κ1) is 17.5. The van der Waals surface area contributed by atoms with Gasteiger partial charge in [0.25, 0.3) is 0 Å². The van der Waals surface area contributed by atoms with E-state index < -0.39 is 0 Å². The molecule has 4 aliphatic carbocycles. The van der Waals surface area contributed by atoms with Crippen LogP contribution in [-0.2, 0) is 9.68 Å². The van der Waals surface area contributed by atoms with Gasteiger partial charge in [0.1, 0.15) is 0 Å². The van der Waals surface area contributed by atoms with Crippen molar-refractivity contribution in [3.05, 3.63) is 0 Å². The Hall–Kier alpha value is -0.610. The molecule has 0 aromatic carbocycles. The maximum atomic E-state index is 12.2. The predicted molar refractivity (Wildman–Crippen MR) is 99.3 cm³/mol. The lowest BCUT2D eigenvalue weighted by Gasteiger charge is -2.63. The fraction of sp³-hybridized carbons (Fsp3) is 0.955. The van der Waals surface area contributed by atoms with E-state index in [4.69, 9.17) is 5.26 Å². The Bertz CT molecular complexity index is 602. The zero-order valence-electron chi connectivity index (χ0n) is 16.4. The number of nitrogens with one attached hydrogen (secondary N) is 1. The summed E-state index contributed by atoms with van der Waals surface area (Å²) in [5.74, 6) is 3.45. The van der Waals surface area contributed by atoms with Crippen molar-refractivity contribution in [2.45, 2.75) is 84.1 Å². The van der Waals surface area contributed by atoms with Gasteiger partial charge in [-0.15, -0.1) is 0 Å². The number of piperidine rings is 1. The van der Waals surface area contributed by atoms with E-state index in [0.29, 0.717) is 40.7 Å². The van der Waals surface area contributed by atoms with Crippen LogP contribution in [0.3, 0.4) is 0 Å². The molecular weight excluding hydrogens is 326 g/mol. The minimum absolute atomic E-state index is 0.294. The highest BCUT2D eigenvalue weighted by atomic mass is 17.1. The topological polar surface area (TPSA) is 58.6 Å². The molecule has 4 saturated carbocycles. The van der Waals surface area contributed by atoms with Crippen LogP contribution < -0.4 is 5.32 Å². The maximum Gasteiger partial charge on any atom is 0.220 e. The molecular formula is C22H35NO3. The lowest BCUT2D eigenvalue weighted by molar-refractivity contribution is -0.246. The SMILES string of the molecule is CC12CCC3C(CC4(CC4)C4NC(=O)CCC34C)C1CCC2CCOO. The van der Waals surface area contributed by atoms with E-state index >= 15 is 0 Å². The van der Waals surface area contributed by atoms with Crippen LogP contribution in [0.25, 0.3) is 0 Å². The summed E-state index contributed by atoms with van der Waals surface area (Å²) in [7, 11) is 0. The third kappa shape index (κ3) is 2.24. The first-order chi connectivity index (χ1) is 12.4. The summed E-state index contributed by atoms with van der Waals surface area (Å²) in [6.45, 7) is 5.54. The van der Waals surface area contributed by atoms with Gasteiger partial charge in [0, 0.05) is 12.5 Å². The fourth-order valence-electron chi connectivity index (χ4n) is 8.59. The van der Waals surface area contributed by atoms with Gasteiger partial charge in [-0.1, -0.05) is 13.8 Å². The van der Waals surface area contributed by atoms with Gasteiger partial charge in [-0.2, -0.15) is 0 Å². The third-order valence-corrected chi connectivity index (χ3v) is 10.0. The van der Waals surface area contributed by atoms with Crippen molar-refractivity contribution in [3.8, 4) is 0 Å². The average molecular weight is 362 g/mol. The Labute approximate surface area is 157 Å². The van der Waals surface area contributed by atoms with Crippen molar-refractivity contribution >= 4 is 5.91 Å². The van der Waals surface area contributed by atoms with Gasteiger partial charge in [0.2, 0.25) is 5.91 Å². The number of hydrogen-bond acceptors (Lipinski definition) is 3. The fourth-order valence-corrected chi connectivity index (χ4v) is 8.59. The predicted octanol–water partition coefficient (Wildman–Crippen LogP) is 4.39. The number of amides is 1. The van der Waals surface area contributed by atoms with Crippen LogP contribution >= 0.6 is 0 Å². The molecule has 0 bridgehead atoms. The molecule has 4 heteroatoms. The Balaban J connectivity index is 1.45. The Morgan fingerprint density at radius 3 is 2.58 bits per heavy atom. The van der Waals surface area contributed by atoms with Crippen LogP contribution in [0.2, 0.25) is 0 Å². The Morgan fingerprint density at radius 1 is 1.08 bits per heavy atom. The molecule has 1 saturated heterocycles. The Morgan fingerprint density at radius 2 is 1.85 bits per heavy atom. The molecule has 0 radical (unpaired) electrons. The van der Waals surface area contributed by atoms with Crippen LogP contribution in [0.15, 0.2) is 0 Å². The van der Waals surface area contributed by atoms with Gasteiger partial charge in [0.15, 0.2) is 0 Å². The quantitative estimate of drug-likeness (QED) is 0.579. The lowest BCUT2D eigenvalue weighted by atomic mass is 9.44. The number of rotatable bonds is 3. The van der Waals surface area contributed by atoms with E-state index in [1.165, 1.54) is 44.9 Å². The van der Waals surface area contributed by atoms with Gasteiger partial charge in [-0.05, 0) is 97.7 Å². The molecule has 1 aliphatic heterocycles.